The van der Waals surface area contributed by atoms with Crippen LogP contribution in [0, 0.1) is 0 Å². The van der Waals surface area contributed by atoms with E-state index in [0.29, 0.717) is 5.69 Å². The second-order valence-electron chi connectivity index (χ2n) is 6.97. The molecule has 0 saturated carbocycles. The Kier molecular flexibility index (Phi) is 4.97. The molecule has 1 aliphatic rings. The Morgan fingerprint density at radius 2 is 1.92 bits per heavy atom. The lowest BCUT2D eigenvalue weighted by atomic mass is 10.0. The number of para-hydroxylation sites is 1. The maximum Gasteiger partial charge on any atom is 0.267 e. The zero-order chi connectivity index (χ0) is 17.8. The number of nitrogens with one attached hydrogen (secondary N) is 2. The summed E-state index contributed by atoms with van der Waals surface area (Å²) in [5, 5.41) is 4.26. The van der Waals surface area contributed by atoms with Crippen LogP contribution in [-0.4, -0.2) is 46.5 Å². The number of aromatic amines is 1. The number of likely N-dealkylation sites (tertiary alicyclic amines) is 1. The molecule has 1 amide bonds. The van der Waals surface area contributed by atoms with Crippen molar-refractivity contribution in [1.82, 2.24) is 20.2 Å². The highest BCUT2D eigenvalue weighted by Gasteiger charge is 2.21. The van der Waals surface area contributed by atoms with Crippen molar-refractivity contribution >= 4 is 16.8 Å². The number of amides is 1. The Balaban J connectivity index is 1.26. The van der Waals surface area contributed by atoms with Crippen LogP contribution in [0.25, 0.3) is 10.9 Å². The third-order valence-corrected chi connectivity index (χ3v) is 5.16. The molecule has 1 aliphatic heterocycles. The van der Waals surface area contributed by atoms with Gasteiger partial charge < -0.3 is 15.2 Å². The molecule has 0 atom stereocenters. The van der Waals surface area contributed by atoms with Crippen LogP contribution in [0.1, 0.15) is 28.9 Å². The highest BCUT2D eigenvalue weighted by molar-refractivity contribution is 5.98. The lowest BCUT2D eigenvalue weighted by molar-refractivity contribution is 0.0907. The van der Waals surface area contributed by atoms with E-state index in [0.717, 1.165) is 49.8 Å². The van der Waals surface area contributed by atoms with Crippen molar-refractivity contribution in [2.45, 2.75) is 25.3 Å². The van der Waals surface area contributed by atoms with Crippen LogP contribution >= 0.6 is 0 Å². The van der Waals surface area contributed by atoms with Gasteiger partial charge in [-0.15, -0.1) is 0 Å². The van der Waals surface area contributed by atoms with Crippen molar-refractivity contribution in [2.75, 3.05) is 19.6 Å². The zero-order valence-corrected chi connectivity index (χ0v) is 14.8. The smallest absolute Gasteiger partial charge is 0.267 e. The van der Waals surface area contributed by atoms with Crippen LogP contribution in [0.3, 0.4) is 0 Å². The molecule has 0 aliphatic carbocycles. The molecule has 5 heteroatoms. The molecule has 0 radical (unpaired) electrons. The summed E-state index contributed by atoms with van der Waals surface area (Å²) in [5.41, 5.74) is 2.98. The third kappa shape index (κ3) is 3.94. The van der Waals surface area contributed by atoms with Gasteiger partial charge in [0.05, 0.1) is 0 Å². The molecule has 5 nitrogen and oxygen atoms in total. The van der Waals surface area contributed by atoms with E-state index < -0.39 is 0 Å². The van der Waals surface area contributed by atoms with Gasteiger partial charge >= 0.3 is 0 Å². The number of H-pyrrole nitrogens is 1. The van der Waals surface area contributed by atoms with E-state index in [9.17, 15) is 4.79 Å². The maximum atomic E-state index is 12.5. The van der Waals surface area contributed by atoms with Crippen LogP contribution < -0.4 is 5.32 Å². The van der Waals surface area contributed by atoms with Gasteiger partial charge in [-0.1, -0.05) is 18.2 Å². The summed E-state index contributed by atoms with van der Waals surface area (Å²) in [6.45, 7) is 3.12. The summed E-state index contributed by atoms with van der Waals surface area (Å²) in [5.74, 6) is -0.00330. The van der Waals surface area contributed by atoms with E-state index in [1.165, 1.54) is 5.56 Å². The molecule has 26 heavy (non-hydrogen) atoms. The normalized spacial score (nSPS) is 16.0. The average Bonchev–Trinajstić information content (AvgIpc) is 3.13. The number of carbonyl (C=O) groups is 1. The molecule has 134 valence electrons. The molecule has 1 aromatic carbocycles. The molecule has 1 fully saturated rings. The molecule has 1 saturated heterocycles. The van der Waals surface area contributed by atoms with Gasteiger partial charge in [0.2, 0.25) is 0 Å². The standard InChI is InChI=1S/C21H24N4O/c26-21(20-15-17-3-1-2-4-19(17)24-20)23-18-8-13-25(14-9-18)12-7-16-5-10-22-11-6-16/h1-6,10-11,15,18,24H,7-9,12-14H2,(H,23,26). The number of hydrogen-bond donors (Lipinski definition) is 2. The van der Waals surface area contributed by atoms with Crippen LogP contribution in [0.2, 0.25) is 0 Å². The molecule has 0 bridgehead atoms. The lowest BCUT2D eigenvalue weighted by Gasteiger charge is -2.32. The molecule has 0 spiro atoms. The largest absolute Gasteiger partial charge is 0.351 e. The quantitative estimate of drug-likeness (QED) is 0.745. The fraction of sp³-hybridized carbons (Fsp3) is 0.333. The molecule has 3 heterocycles. The van der Waals surface area contributed by atoms with Crippen LogP contribution in [0.15, 0.2) is 54.9 Å². The molecular weight excluding hydrogens is 324 g/mol. The topological polar surface area (TPSA) is 61.0 Å². The van der Waals surface area contributed by atoms with Gasteiger partial charge in [0.1, 0.15) is 5.69 Å². The lowest BCUT2D eigenvalue weighted by Crippen LogP contribution is -2.45. The SMILES string of the molecule is O=C(NC1CCN(CCc2ccncc2)CC1)c1cc2ccccc2[nH]1. The average molecular weight is 348 g/mol. The first kappa shape index (κ1) is 16.8. The second kappa shape index (κ2) is 7.70. The summed E-state index contributed by atoms with van der Waals surface area (Å²) in [7, 11) is 0. The molecule has 2 N–H and O–H groups in total. The Hall–Kier alpha value is -2.66. The number of piperidine rings is 1. The molecule has 0 unspecified atom stereocenters. The van der Waals surface area contributed by atoms with Crippen molar-refractivity contribution < 1.29 is 4.79 Å². The minimum Gasteiger partial charge on any atom is -0.351 e. The molecular formula is C21H24N4O. The van der Waals surface area contributed by atoms with Gasteiger partial charge in [-0.25, -0.2) is 0 Å². The van der Waals surface area contributed by atoms with Crippen LogP contribution in [0.5, 0.6) is 0 Å². The van der Waals surface area contributed by atoms with Crippen LogP contribution in [-0.2, 0) is 6.42 Å². The fourth-order valence-corrected chi connectivity index (χ4v) is 3.60. The highest BCUT2D eigenvalue weighted by Crippen LogP contribution is 2.16. The maximum absolute atomic E-state index is 12.5. The number of fused-ring (bicyclic) bond motifs is 1. The summed E-state index contributed by atoms with van der Waals surface area (Å²) >= 11 is 0. The van der Waals surface area contributed by atoms with Gasteiger partial charge in [-0.2, -0.15) is 0 Å². The van der Waals surface area contributed by atoms with Crippen molar-refractivity contribution in [2.24, 2.45) is 0 Å². The van der Waals surface area contributed by atoms with Gasteiger partial charge in [-0.3, -0.25) is 9.78 Å². The Bertz CT molecular complexity index is 833. The van der Waals surface area contributed by atoms with Gasteiger partial charge in [-0.05, 0) is 49.1 Å². The predicted molar refractivity (Wildman–Crippen MR) is 103 cm³/mol. The first-order valence-corrected chi connectivity index (χ1v) is 9.28. The van der Waals surface area contributed by atoms with Crippen molar-refractivity contribution in [3.8, 4) is 0 Å². The van der Waals surface area contributed by atoms with E-state index in [2.05, 4.69) is 32.3 Å². The second-order valence-corrected chi connectivity index (χ2v) is 6.97. The number of nitrogens with zero attached hydrogens (tertiary/aromatic N) is 2. The first-order valence-electron chi connectivity index (χ1n) is 9.28. The summed E-state index contributed by atoms with van der Waals surface area (Å²) in [6.07, 6.45) is 6.75. The monoisotopic (exact) mass is 348 g/mol. The van der Waals surface area contributed by atoms with E-state index >= 15 is 0 Å². The summed E-state index contributed by atoms with van der Waals surface area (Å²) in [4.78, 5) is 22.3. The van der Waals surface area contributed by atoms with Gasteiger partial charge in [0, 0.05) is 49.0 Å². The molecule has 2 aromatic heterocycles. The highest BCUT2D eigenvalue weighted by atomic mass is 16.1. The Labute approximate surface area is 153 Å². The summed E-state index contributed by atoms with van der Waals surface area (Å²) in [6, 6.07) is 14.3. The van der Waals surface area contributed by atoms with Crippen LogP contribution in [0.4, 0.5) is 0 Å². The number of aromatic nitrogens is 2. The fourth-order valence-electron chi connectivity index (χ4n) is 3.60. The number of benzene rings is 1. The summed E-state index contributed by atoms with van der Waals surface area (Å²) < 4.78 is 0. The zero-order valence-electron chi connectivity index (χ0n) is 14.8. The van der Waals surface area contributed by atoms with E-state index in [1.54, 1.807) is 0 Å². The minimum absolute atomic E-state index is 0.00330. The number of rotatable bonds is 5. The van der Waals surface area contributed by atoms with E-state index in [-0.39, 0.29) is 11.9 Å². The van der Waals surface area contributed by atoms with Gasteiger partial charge in [0.15, 0.2) is 0 Å². The van der Waals surface area contributed by atoms with Crippen molar-refractivity contribution in [3.63, 3.8) is 0 Å². The first-order chi connectivity index (χ1) is 12.8. The third-order valence-electron chi connectivity index (χ3n) is 5.16. The van der Waals surface area contributed by atoms with Crippen molar-refractivity contribution in [3.05, 3.63) is 66.1 Å². The number of hydrogen-bond acceptors (Lipinski definition) is 3. The van der Waals surface area contributed by atoms with Gasteiger partial charge in [0.25, 0.3) is 5.91 Å². The Morgan fingerprint density at radius 1 is 1.15 bits per heavy atom. The van der Waals surface area contributed by atoms with E-state index in [1.807, 2.05) is 42.7 Å². The minimum atomic E-state index is -0.00330. The van der Waals surface area contributed by atoms with Crippen molar-refractivity contribution in [1.29, 1.82) is 0 Å². The molecule has 4 rings (SSSR count). The predicted octanol–water partition coefficient (Wildman–Crippen LogP) is 3.00. The number of carbonyl (C=O) groups excluding carboxylic acids is 1. The number of pyridine rings is 1. The Morgan fingerprint density at radius 3 is 2.69 bits per heavy atom. The molecule has 3 aromatic rings. The van der Waals surface area contributed by atoms with E-state index in [4.69, 9.17) is 0 Å².